The number of hydrogen-bond acceptors (Lipinski definition) is 2. The first-order chi connectivity index (χ1) is 10.1. The maximum absolute atomic E-state index is 12.7. The Morgan fingerprint density at radius 3 is 2.14 bits per heavy atom. The maximum atomic E-state index is 12.7. The van der Waals surface area contributed by atoms with Crippen LogP contribution in [0.1, 0.15) is 0 Å². The van der Waals surface area contributed by atoms with Crippen molar-refractivity contribution in [2.75, 3.05) is 18.5 Å². The van der Waals surface area contributed by atoms with Crippen molar-refractivity contribution in [3.8, 4) is 5.75 Å². The fourth-order valence-electron chi connectivity index (χ4n) is 1.57. The van der Waals surface area contributed by atoms with Gasteiger partial charge in [0.2, 0.25) is 0 Å². The second-order valence-electron chi connectivity index (χ2n) is 4.19. The van der Waals surface area contributed by atoms with Gasteiger partial charge in [-0.1, -0.05) is 0 Å². The van der Waals surface area contributed by atoms with Gasteiger partial charge in [-0.05, 0) is 48.5 Å². The van der Waals surface area contributed by atoms with E-state index in [1.165, 1.54) is 48.5 Å². The van der Waals surface area contributed by atoms with Gasteiger partial charge in [-0.15, -0.1) is 0 Å². The Balaban J connectivity index is 1.67. The normalized spacial score (nSPS) is 10.0. The molecule has 0 saturated carbocycles. The van der Waals surface area contributed by atoms with Crippen molar-refractivity contribution >= 4 is 11.7 Å². The van der Waals surface area contributed by atoms with Crippen molar-refractivity contribution in [2.45, 2.75) is 0 Å². The third kappa shape index (κ3) is 5.10. The molecule has 2 aromatic carbocycles. The van der Waals surface area contributed by atoms with Crippen LogP contribution in [0.3, 0.4) is 0 Å². The van der Waals surface area contributed by atoms with E-state index in [1.807, 2.05) is 0 Å². The van der Waals surface area contributed by atoms with Gasteiger partial charge in [-0.3, -0.25) is 0 Å². The fraction of sp³-hybridized carbons (Fsp3) is 0.133. The number of hydrogen-bond donors (Lipinski definition) is 2. The molecule has 0 fully saturated rings. The van der Waals surface area contributed by atoms with Crippen LogP contribution < -0.4 is 15.4 Å². The summed E-state index contributed by atoms with van der Waals surface area (Å²) in [4.78, 5) is 11.5. The molecule has 2 rings (SSSR count). The summed E-state index contributed by atoms with van der Waals surface area (Å²) in [5, 5.41) is 5.14. The highest BCUT2D eigenvalue weighted by Gasteiger charge is 2.01. The molecule has 4 nitrogen and oxygen atoms in total. The summed E-state index contributed by atoms with van der Waals surface area (Å²) in [6.45, 7) is 0.535. The zero-order valence-corrected chi connectivity index (χ0v) is 11.1. The summed E-state index contributed by atoms with van der Waals surface area (Å²) in [5.41, 5.74) is 0.494. The summed E-state index contributed by atoms with van der Waals surface area (Å²) in [5.74, 6) is -0.176. The summed E-state index contributed by atoms with van der Waals surface area (Å²) in [6.07, 6.45) is 0. The zero-order chi connectivity index (χ0) is 15.1. The molecule has 110 valence electrons. The quantitative estimate of drug-likeness (QED) is 0.832. The van der Waals surface area contributed by atoms with Crippen LogP contribution in [0.2, 0.25) is 0 Å². The standard InChI is InChI=1S/C15H14F2N2O2/c16-11-1-5-13(6-2-11)19-15(20)18-9-10-21-14-7-3-12(17)4-8-14/h1-8H,9-10H2,(H2,18,19,20). The number of carbonyl (C=O) groups is 1. The SMILES string of the molecule is O=C(NCCOc1ccc(F)cc1)Nc1ccc(F)cc1. The van der Waals surface area contributed by atoms with Crippen LogP contribution in [0.4, 0.5) is 19.3 Å². The molecule has 6 heteroatoms. The van der Waals surface area contributed by atoms with Gasteiger partial charge in [0.15, 0.2) is 0 Å². The minimum Gasteiger partial charge on any atom is -0.492 e. The average Bonchev–Trinajstić information content (AvgIpc) is 2.48. The highest BCUT2D eigenvalue weighted by Crippen LogP contribution is 2.10. The molecule has 0 aromatic heterocycles. The molecule has 21 heavy (non-hydrogen) atoms. The third-order valence-electron chi connectivity index (χ3n) is 2.57. The second kappa shape index (κ2) is 7.23. The summed E-state index contributed by atoms with van der Waals surface area (Å²) in [7, 11) is 0. The number of benzene rings is 2. The molecule has 0 aliphatic rings. The first-order valence-electron chi connectivity index (χ1n) is 6.32. The molecule has 0 aliphatic carbocycles. The van der Waals surface area contributed by atoms with E-state index in [2.05, 4.69) is 10.6 Å². The predicted octanol–water partition coefficient (Wildman–Crippen LogP) is 3.17. The Labute approximate surface area is 120 Å². The van der Waals surface area contributed by atoms with Crippen LogP contribution in [0.25, 0.3) is 0 Å². The second-order valence-corrected chi connectivity index (χ2v) is 4.19. The Bertz CT molecular complexity index is 586. The van der Waals surface area contributed by atoms with Gasteiger partial charge in [0, 0.05) is 5.69 Å². The number of halogens is 2. The van der Waals surface area contributed by atoms with Crippen molar-refractivity contribution in [1.29, 1.82) is 0 Å². The first-order valence-corrected chi connectivity index (χ1v) is 6.32. The van der Waals surface area contributed by atoms with Crippen LogP contribution in [0.5, 0.6) is 5.75 Å². The Kier molecular flexibility index (Phi) is 5.09. The monoisotopic (exact) mass is 292 g/mol. The number of ether oxygens (including phenoxy) is 1. The van der Waals surface area contributed by atoms with Crippen LogP contribution in [-0.4, -0.2) is 19.2 Å². The molecular formula is C15H14F2N2O2. The number of urea groups is 1. The van der Waals surface area contributed by atoms with Gasteiger partial charge in [0.25, 0.3) is 0 Å². The third-order valence-corrected chi connectivity index (χ3v) is 2.57. The lowest BCUT2D eigenvalue weighted by Gasteiger charge is -2.09. The molecule has 0 heterocycles. The lowest BCUT2D eigenvalue weighted by Crippen LogP contribution is -2.32. The van der Waals surface area contributed by atoms with Crippen molar-refractivity contribution in [2.24, 2.45) is 0 Å². The number of anilines is 1. The number of nitrogens with one attached hydrogen (secondary N) is 2. The van der Waals surface area contributed by atoms with Crippen molar-refractivity contribution in [3.63, 3.8) is 0 Å². The van der Waals surface area contributed by atoms with E-state index in [1.54, 1.807) is 0 Å². The Morgan fingerprint density at radius 1 is 0.952 bits per heavy atom. The van der Waals surface area contributed by atoms with Crippen LogP contribution in [-0.2, 0) is 0 Å². The minimum absolute atomic E-state index is 0.252. The minimum atomic E-state index is -0.413. The van der Waals surface area contributed by atoms with Crippen LogP contribution in [0, 0.1) is 11.6 Å². The number of amides is 2. The predicted molar refractivity (Wildman–Crippen MR) is 75.3 cm³/mol. The molecule has 0 aliphatic heterocycles. The summed E-state index contributed by atoms with van der Waals surface area (Å²) in [6, 6.07) is 10.6. The maximum Gasteiger partial charge on any atom is 0.319 e. The van der Waals surface area contributed by atoms with Gasteiger partial charge in [-0.25, -0.2) is 13.6 Å². The highest BCUT2D eigenvalue weighted by atomic mass is 19.1. The van der Waals surface area contributed by atoms with E-state index < -0.39 is 6.03 Å². The van der Waals surface area contributed by atoms with Crippen LogP contribution >= 0.6 is 0 Å². The molecule has 0 bridgehead atoms. The summed E-state index contributed by atoms with van der Waals surface area (Å²) < 4.78 is 30.7. The lowest BCUT2D eigenvalue weighted by atomic mass is 10.3. The summed E-state index contributed by atoms with van der Waals surface area (Å²) >= 11 is 0. The van der Waals surface area contributed by atoms with Crippen LogP contribution in [0.15, 0.2) is 48.5 Å². The van der Waals surface area contributed by atoms with Gasteiger partial charge in [-0.2, -0.15) is 0 Å². The van der Waals surface area contributed by atoms with E-state index in [4.69, 9.17) is 4.74 Å². The van der Waals surface area contributed by atoms with Gasteiger partial charge >= 0.3 is 6.03 Å². The van der Waals surface area contributed by atoms with E-state index in [0.717, 1.165) is 0 Å². The molecular weight excluding hydrogens is 278 g/mol. The molecule has 0 atom stereocenters. The first kappa shape index (κ1) is 14.8. The number of carbonyl (C=O) groups excluding carboxylic acids is 1. The molecule has 2 amide bonds. The molecule has 0 saturated heterocycles. The smallest absolute Gasteiger partial charge is 0.319 e. The van der Waals surface area contributed by atoms with E-state index in [0.29, 0.717) is 11.4 Å². The average molecular weight is 292 g/mol. The molecule has 2 aromatic rings. The highest BCUT2D eigenvalue weighted by molar-refractivity contribution is 5.89. The zero-order valence-electron chi connectivity index (χ0n) is 11.1. The van der Waals surface area contributed by atoms with Gasteiger partial charge in [0.05, 0.1) is 6.54 Å². The van der Waals surface area contributed by atoms with E-state index in [-0.39, 0.29) is 24.8 Å². The Hall–Kier alpha value is -2.63. The molecule has 0 radical (unpaired) electrons. The topological polar surface area (TPSA) is 50.4 Å². The molecule has 0 spiro atoms. The molecule has 0 unspecified atom stereocenters. The molecule has 2 N–H and O–H groups in total. The van der Waals surface area contributed by atoms with Crippen molar-refractivity contribution < 1.29 is 18.3 Å². The number of rotatable bonds is 5. The largest absolute Gasteiger partial charge is 0.492 e. The van der Waals surface area contributed by atoms with E-state index >= 15 is 0 Å². The van der Waals surface area contributed by atoms with Gasteiger partial charge in [0.1, 0.15) is 24.0 Å². The fourth-order valence-corrected chi connectivity index (χ4v) is 1.57. The van der Waals surface area contributed by atoms with Crippen molar-refractivity contribution in [1.82, 2.24) is 5.32 Å². The van der Waals surface area contributed by atoms with Crippen molar-refractivity contribution in [3.05, 3.63) is 60.2 Å². The Morgan fingerprint density at radius 2 is 1.52 bits per heavy atom. The lowest BCUT2D eigenvalue weighted by molar-refractivity contribution is 0.247. The van der Waals surface area contributed by atoms with Gasteiger partial charge < -0.3 is 15.4 Å². The van der Waals surface area contributed by atoms with E-state index in [9.17, 15) is 13.6 Å².